The van der Waals surface area contributed by atoms with Gasteiger partial charge in [0, 0.05) is 26.2 Å². The summed E-state index contributed by atoms with van der Waals surface area (Å²) in [5.41, 5.74) is 1.22. The summed E-state index contributed by atoms with van der Waals surface area (Å²) in [5, 5.41) is 0. The maximum Gasteiger partial charge on any atom is 0.260 e. The monoisotopic (exact) mass is 340 g/mol. The van der Waals surface area contributed by atoms with Crippen molar-refractivity contribution in [3.05, 3.63) is 29.8 Å². The molecule has 7 heteroatoms. The summed E-state index contributed by atoms with van der Waals surface area (Å²) in [4.78, 5) is 13.9. The van der Waals surface area contributed by atoms with E-state index >= 15 is 0 Å². The van der Waals surface area contributed by atoms with Gasteiger partial charge in [0.2, 0.25) is 10.0 Å². The lowest BCUT2D eigenvalue weighted by Gasteiger charge is -2.21. The van der Waals surface area contributed by atoms with E-state index in [2.05, 4.69) is 6.92 Å². The minimum absolute atomic E-state index is 0.0235. The van der Waals surface area contributed by atoms with Gasteiger partial charge in [-0.3, -0.25) is 4.79 Å². The molecule has 128 valence electrons. The number of carbonyl (C=O) groups is 1. The van der Waals surface area contributed by atoms with Gasteiger partial charge in [-0.1, -0.05) is 19.1 Å². The quantitative estimate of drug-likeness (QED) is 0.806. The predicted molar refractivity (Wildman–Crippen MR) is 88.9 cm³/mol. The Hall–Kier alpha value is -1.60. The molecule has 1 aliphatic rings. The van der Waals surface area contributed by atoms with Gasteiger partial charge in [0.1, 0.15) is 5.75 Å². The molecule has 6 nitrogen and oxygen atoms in total. The van der Waals surface area contributed by atoms with Gasteiger partial charge in [0.15, 0.2) is 6.61 Å². The van der Waals surface area contributed by atoms with E-state index in [-0.39, 0.29) is 12.5 Å². The first-order valence-corrected chi connectivity index (χ1v) is 9.69. The average molecular weight is 340 g/mol. The van der Waals surface area contributed by atoms with Crippen LogP contribution in [0.1, 0.15) is 18.9 Å². The van der Waals surface area contributed by atoms with Crippen molar-refractivity contribution in [1.82, 2.24) is 9.21 Å². The molecule has 0 aromatic heterocycles. The van der Waals surface area contributed by atoms with Crippen molar-refractivity contribution in [2.45, 2.75) is 19.8 Å². The molecule has 1 saturated heterocycles. The van der Waals surface area contributed by atoms with Gasteiger partial charge in [-0.05, 0) is 30.5 Å². The molecule has 0 unspecified atom stereocenters. The molecule has 1 amide bonds. The average Bonchev–Trinajstić information content (AvgIpc) is 2.79. The predicted octanol–water partition coefficient (Wildman–Crippen LogP) is 1.12. The Morgan fingerprint density at radius 3 is 2.43 bits per heavy atom. The van der Waals surface area contributed by atoms with Gasteiger partial charge in [-0.25, -0.2) is 12.7 Å². The van der Waals surface area contributed by atoms with Crippen molar-refractivity contribution in [2.75, 3.05) is 39.0 Å². The zero-order chi connectivity index (χ0) is 16.9. The lowest BCUT2D eigenvalue weighted by atomic mass is 10.2. The second-order valence-corrected chi connectivity index (χ2v) is 7.66. The molecule has 2 rings (SSSR count). The maximum atomic E-state index is 12.2. The number of amides is 1. The van der Waals surface area contributed by atoms with Crippen molar-refractivity contribution < 1.29 is 17.9 Å². The summed E-state index contributed by atoms with van der Waals surface area (Å²) in [5.74, 6) is 0.558. The summed E-state index contributed by atoms with van der Waals surface area (Å²) in [6, 6.07) is 7.69. The first-order chi connectivity index (χ1) is 10.9. The highest BCUT2D eigenvalue weighted by Crippen LogP contribution is 2.13. The van der Waals surface area contributed by atoms with Crippen LogP contribution in [-0.4, -0.2) is 62.6 Å². The summed E-state index contributed by atoms with van der Waals surface area (Å²) < 4.78 is 30.1. The Kier molecular flexibility index (Phi) is 6.01. The molecule has 0 saturated carbocycles. The van der Waals surface area contributed by atoms with Crippen LogP contribution in [0.5, 0.6) is 5.75 Å². The van der Waals surface area contributed by atoms with E-state index in [0.717, 1.165) is 6.42 Å². The third-order valence-electron chi connectivity index (χ3n) is 3.97. The highest BCUT2D eigenvalue weighted by Gasteiger charge is 2.23. The summed E-state index contributed by atoms with van der Waals surface area (Å²) >= 11 is 0. The minimum Gasteiger partial charge on any atom is -0.484 e. The van der Waals surface area contributed by atoms with Gasteiger partial charge in [-0.15, -0.1) is 0 Å². The van der Waals surface area contributed by atoms with Crippen molar-refractivity contribution in [1.29, 1.82) is 0 Å². The second-order valence-electron chi connectivity index (χ2n) is 5.68. The Bertz CT molecular complexity index is 628. The van der Waals surface area contributed by atoms with Crippen LogP contribution < -0.4 is 4.74 Å². The van der Waals surface area contributed by atoms with Crippen LogP contribution in [0.25, 0.3) is 0 Å². The fourth-order valence-corrected chi connectivity index (χ4v) is 3.41. The van der Waals surface area contributed by atoms with E-state index in [1.165, 1.54) is 16.1 Å². The molecule has 0 N–H and O–H groups in total. The Balaban J connectivity index is 1.85. The maximum absolute atomic E-state index is 12.2. The number of hydrogen-bond donors (Lipinski definition) is 0. The molecule has 1 aliphatic heterocycles. The third kappa shape index (κ3) is 5.21. The number of nitrogens with zero attached hydrogens (tertiary/aromatic N) is 2. The van der Waals surface area contributed by atoms with Crippen LogP contribution in [0.4, 0.5) is 0 Å². The van der Waals surface area contributed by atoms with Gasteiger partial charge >= 0.3 is 0 Å². The van der Waals surface area contributed by atoms with E-state index < -0.39 is 10.0 Å². The molecule has 0 bridgehead atoms. The van der Waals surface area contributed by atoms with Crippen LogP contribution in [0.15, 0.2) is 24.3 Å². The minimum atomic E-state index is -3.20. The van der Waals surface area contributed by atoms with Gasteiger partial charge < -0.3 is 9.64 Å². The van der Waals surface area contributed by atoms with Crippen molar-refractivity contribution in [3.63, 3.8) is 0 Å². The van der Waals surface area contributed by atoms with Crippen LogP contribution >= 0.6 is 0 Å². The molecular formula is C16H24N2O4S. The zero-order valence-electron chi connectivity index (χ0n) is 13.7. The van der Waals surface area contributed by atoms with Crippen molar-refractivity contribution in [3.8, 4) is 5.75 Å². The number of hydrogen-bond acceptors (Lipinski definition) is 4. The Morgan fingerprint density at radius 2 is 1.83 bits per heavy atom. The summed E-state index contributed by atoms with van der Waals surface area (Å²) in [6.45, 7) is 3.83. The number of carbonyl (C=O) groups excluding carboxylic acids is 1. The molecule has 1 fully saturated rings. The SMILES string of the molecule is CCc1ccc(OCC(=O)N2CCCN(S(C)(=O)=O)CC2)cc1. The fourth-order valence-electron chi connectivity index (χ4n) is 2.53. The van der Waals surface area contributed by atoms with E-state index in [0.29, 0.717) is 38.3 Å². The first kappa shape index (κ1) is 17.7. The third-order valence-corrected chi connectivity index (χ3v) is 5.27. The number of ether oxygens (including phenoxy) is 1. The summed E-state index contributed by atoms with van der Waals surface area (Å²) in [7, 11) is -3.20. The highest BCUT2D eigenvalue weighted by atomic mass is 32.2. The molecule has 1 aromatic carbocycles. The van der Waals surface area contributed by atoms with Crippen LogP contribution in [-0.2, 0) is 21.2 Å². The molecular weight excluding hydrogens is 316 g/mol. The smallest absolute Gasteiger partial charge is 0.260 e. The van der Waals surface area contributed by atoms with E-state index in [1.54, 1.807) is 4.90 Å². The molecule has 1 heterocycles. The second kappa shape index (κ2) is 7.79. The number of sulfonamides is 1. The number of aryl methyl sites for hydroxylation is 1. The molecule has 23 heavy (non-hydrogen) atoms. The molecule has 0 spiro atoms. The lowest BCUT2D eigenvalue weighted by molar-refractivity contribution is -0.133. The number of benzene rings is 1. The van der Waals surface area contributed by atoms with Crippen LogP contribution in [0.2, 0.25) is 0 Å². The van der Waals surface area contributed by atoms with E-state index in [4.69, 9.17) is 4.74 Å². The van der Waals surface area contributed by atoms with Gasteiger partial charge in [0.05, 0.1) is 6.26 Å². The van der Waals surface area contributed by atoms with Gasteiger partial charge in [-0.2, -0.15) is 0 Å². The van der Waals surface area contributed by atoms with E-state index in [1.807, 2.05) is 24.3 Å². The molecule has 0 radical (unpaired) electrons. The van der Waals surface area contributed by atoms with Crippen molar-refractivity contribution in [2.24, 2.45) is 0 Å². The zero-order valence-corrected chi connectivity index (χ0v) is 14.5. The number of rotatable bonds is 5. The first-order valence-electron chi connectivity index (χ1n) is 7.85. The largest absolute Gasteiger partial charge is 0.484 e. The topological polar surface area (TPSA) is 66.9 Å². The van der Waals surface area contributed by atoms with E-state index in [9.17, 15) is 13.2 Å². The van der Waals surface area contributed by atoms with Crippen molar-refractivity contribution >= 4 is 15.9 Å². The molecule has 0 atom stereocenters. The van der Waals surface area contributed by atoms with Crippen LogP contribution in [0.3, 0.4) is 0 Å². The fraction of sp³-hybridized carbons (Fsp3) is 0.562. The highest BCUT2D eigenvalue weighted by molar-refractivity contribution is 7.88. The molecule has 0 aliphatic carbocycles. The Labute approximate surface area is 138 Å². The van der Waals surface area contributed by atoms with Gasteiger partial charge in [0.25, 0.3) is 5.91 Å². The van der Waals surface area contributed by atoms with Crippen LogP contribution in [0, 0.1) is 0 Å². The Morgan fingerprint density at radius 1 is 1.13 bits per heavy atom. The standard InChI is InChI=1S/C16H24N2O4S/c1-3-14-5-7-15(8-6-14)22-13-16(19)17-9-4-10-18(12-11-17)23(2,20)21/h5-8H,3-4,9-13H2,1-2H3. The summed E-state index contributed by atoms with van der Waals surface area (Å²) in [6.07, 6.45) is 2.81. The normalized spacial score (nSPS) is 16.9. The molecule has 1 aromatic rings. The lowest BCUT2D eigenvalue weighted by Crippen LogP contribution is -2.39.